The van der Waals surface area contributed by atoms with Crippen molar-refractivity contribution in [3.8, 4) is 0 Å². The van der Waals surface area contributed by atoms with E-state index in [0.717, 1.165) is 5.69 Å². The summed E-state index contributed by atoms with van der Waals surface area (Å²) < 4.78 is 0. The molecule has 1 rings (SSSR count). The van der Waals surface area contributed by atoms with E-state index in [1.54, 1.807) is 12.1 Å². The van der Waals surface area contributed by atoms with Crippen molar-refractivity contribution in [2.75, 3.05) is 11.9 Å². The number of aliphatic carboxylic acids is 1. The monoisotopic (exact) mass is 240 g/mol. The lowest BCUT2D eigenvalue weighted by atomic mass is 10.3. The number of hydrogen-bond donors (Lipinski definition) is 4. The number of thiocarbonyl (C=S) groups is 1. The molecule has 0 heterocycles. The molecule has 0 aromatic heterocycles. The molecule has 0 saturated heterocycles. The van der Waals surface area contributed by atoms with E-state index in [-0.39, 0.29) is 5.11 Å². The molecule has 1 atom stereocenters. The van der Waals surface area contributed by atoms with Crippen molar-refractivity contribution in [3.05, 3.63) is 30.3 Å². The van der Waals surface area contributed by atoms with Gasteiger partial charge in [-0.1, -0.05) is 18.2 Å². The lowest BCUT2D eigenvalue weighted by Crippen LogP contribution is -2.45. The number of rotatable bonds is 4. The van der Waals surface area contributed by atoms with Crippen molar-refractivity contribution in [1.29, 1.82) is 0 Å². The maximum Gasteiger partial charge on any atom is 0.328 e. The van der Waals surface area contributed by atoms with E-state index in [2.05, 4.69) is 10.6 Å². The summed E-state index contributed by atoms with van der Waals surface area (Å²) in [7, 11) is 0. The Balaban J connectivity index is 2.50. The fraction of sp³-hybridized carbons (Fsp3) is 0.200. The third kappa shape index (κ3) is 3.84. The molecule has 0 aliphatic heterocycles. The lowest BCUT2D eigenvalue weighted by Gasteiger charge is -2.14. The van der Waals surface area contributed by atoms with Crippen LogP contribution in [0.5, 0.6) is 0 Å². The molecular weight excluding hydrogens is 228 g/mol. The second-order valence-electron chi connectivity index (χ2n) is 3.04. The molecule has 16 heavy (non-hydrogen) atoms. The van der Waals surface area contributed by atoms with Crippen molar-refractivity contribution in [3.63, 3.8) is 0 Å². The molecular formula is C10H12N2O3S. The normalized spacial score (nSPS) is 11.6. The first-order valence-corrected chi connectivity index (χ1v) is 5.00. The van der Waals surface area contributed by atoms with Gasteiger partial charge in [0.15, 0.2) is 5.11 Å². The third-order valence-corrected chi connectivity index (χ3v) is 2.04. The number of anilines is 1. The third-order valence-electron chi connectivity index (χ3n) is 1.82. The molecule has 1 aromatic carbocycles. The predicted octanol–water partition coefficient (Wildman–Crippen LogP) is 0.418. The van der Waals surface area contributed by atoms with Gasteiger partial charge in [0.05, 0.1) is 6.61 Å². The number of benzene rings is 1. The Morgan fingerprint density at radius 1 is 1.38 bits per heavy atom. The van der Waals surface area contributed by atoms with E-state index in [1.165, 1.54) is 0 Å². The first-order chi connectivity index (χ1) is 7.63. The highest BCUT2D eigenvalue weighted by atomic mass is 32.1. The van der Waals surface area contributed by atoms with Crippen LogP contribution in [-0.2, 0) is 4.79 Å². The number of para-hydroxylation sites is 1. The molecule has 0 bridgehead atoms. The minimum absolute atomic E-state index is 0.160. The maximum absolute atomic E-state index is 10.6. The van der Waals surface area contributed by atoms with Crippen LogP contribution in [0.1, 0.15) is 0 Å². The Morgan fingerprint density at radius 3 is 2.50 bits per heavy atom. The van der Waals surface area contributed by atoms with E-state index in [1.807, 2.05) is 18.2 Å². The van der Waals surface area contributed by atoms with Gasteiger partial charge in [-0.3, -0.25) is 0 Å². The van der Waals surface area contributed by atoms with Crippen LogP contribution in [0.15, 0.2) is 30.3 Å². The zero-order valence-corrected chi connectivity index (χ0v) is 9.20. The molecule has 0 spiro atoms. The first-order valence-electron chi connectivity index (χ1n) is 4.59. The summed E-state index contributed by atoms with van der Waals surface area (Å²) in [4.78, 5) is 10.6. The number of carboxylic acids is 1. The minimum atomic E-state index is -1.15. The van der Waals surface area contributed by atoms with Gasteiger partial charge < -0.3 is 20.8 Å². The molecule has 1 aromatic rings. The molecule has 86 valence electrons. The highest BCUT2D eigenvalue weighted by molar-refractivity contribution is 7.80. The van der Waals surface area contributed by atoms with Crippen molar-refractivity contribution < 1.29 is 15.0 Å². The second kappa shape index (κ2) is 6.04. The van der Waals surface area contributed by atoms with Crippen LogP contribution < -0.4 is 10.6 Å². The Morgan fingerprint density at radius 2 is 2.00 bits per heavy atom. The summed E-state index contributed by atoms with van der Waals surface area (Å²) in [5.74, 6) is -1.15. The van der Waals surface area contributed by atoms with Crippen LogP contribution in [0.3, 0.4) is 0 Å². The molecule has 0 fully saturated rings. The van der Waals surface area contributed by atoms with Crippen LogP contribution in [0.25, 0.3) is 0 Å². The number of aliphatic hydroxyl groups excluding tert-OH is 1. The fourth-order valence-electron chi connectivity index (χ4n) is 1.03. The van der Waals surface area contributed by atoms with Crippen LogP contribution in [-0.4, -0.2) is 33.9 Å². The molecule has 0 aliphatic carbocycles. The van der Waals surface area contributed by atoms with E-state index in [9.17, 15) is 4.79 Å². The molecule has 0 unspecified atom stereocenters. The summed E-state index contributed by atoms with van der Waals surface area (Å²) in [5.41, 5.74) is 0.752. The number of carboxylic acid groups (broad SMARTS) is 1. The van der Waals surface area contributed by atoms with Gasteiger partial charge in [0.1, 0.15) is 6.04 Å². The summed E-state index contributed by atoms with van der Waals surface area (Å²) in [6.45, 7) is -0.522. The molecule has 5 nitrogen and oxygen atoms in total. The van der Waals surface area contributed by atoms with Crippen LogP contribution in [0.4, 0.5) is 5.69 Å². The van der Waals surface area contributed by atoms with Crippen LogP contribution >= 0.6 is 12.2 Å². The average Bonchev–Trinajstić information content (AvgIpc) is 2.27. The molecule has 6 heteroatoms. The standard InChI is InChI=1S/C10H12N2O3S/c13-6-8(9(14)15)12-10(16)11-7-4-2-1-3-5-7/h1-5,8,13H,6H2,(H,14,15)(H2,11,12,16)/t8-/m0/s1. The number of carbonyl (C=O) groups is 1. The van der Waals surface area contributed by atoms with Gasteiger partial charge in [-0.05, 0) is 24.4 Å². The molecule has 4 N–H and O–H groups in total. The summed E-state index contributed by atoms with van der Waals surface area (Å²) in [6, 6.07) is 8.00. The number of hydrogen-bond acceptors (Lipinski definition) is 3. The second-order valence-corrected chi connectivity index (χ2v) is 3.45. The Hall–Kier alpha value is -1.66. The fourth-order valence-corrected chi connectivity index (χ4v) is 1.29. The molecule has 0 aliphatic rings. The van der Waals surface area contributed by atoms with Crippen LogP contribution in [0, 0.1) is 0 Å². The summed E-state index contributed by atoms with van der Waals surface area (Å²) in [5, 5.41) is 22.9. The average molecular weight is 240 g/mol. The van der Waals surface area contributed by atoms with Gasteiger partial charge in [-0.25, -0.2) is 4.79 Å². The molecule has 0 amide bonds. The SMILES string of the molecule is O=C(O)[C@H](CO)NC(=S)Nc1ccccc1. The van der Waals surface area contributed by atoms with Gasteiger partial charge in [0.25, 0.3) is 0 Å². The zero-order chi connectivity index (χ0) is 12.0. The zero-order valence-electron chi connectivity index (χ0n) is 8.38. The highest BCUT2D eigenvalue weighted by Gasteiger charge is 2.16. The molecule has 0 saturated carbocycles. The Kier molecular flexibility index (Phi) is 4.68. The minimum Gasteiger partial charge on any atom is -0.480 e. The predicted molar refractivity (Wildman–Crippen MR) is 64.3 cm³/mol. The van der Waals surface area contributed by atoms with E-state index in [0.29, 0.717) is 0 Å². The Labute approximate surface area is 98.1 Å². The Bertz CT molecular complexity index is 370. The smallest absolute Gasteiger partial charge is 0.328 e. The van der Waals surface area contributed by atoms with Crippen molar-refractivity contribution >= 4 is 29.0 Å². The van der Waals surface area contributed by atoms with E-state index in [4.69, 9.17) is 22.4 Å². The van der Waals surface area contributed by atoms with Crippen molar-refractivity contribution in [2.45, 2.75) is 6.04 Å². The summed E-state index contributed by atoms with van der Waals surface area (Å²) >= 11 is 4.90. The van der Waals surface area contributed by atoms with Crippen molar-refractivity contribution in [2.24, 2.45) is 0 Å². The van der Waals surface area contributed by atoms with E-state index >= 15 is 0 Å². The first kappa shape index (κ1) is 12.4. The topological polar surface area (TPSA) is 81.6 Å². The number of aliphatic hydroxyl groups is 1. The highest BCUT2D eigenvalue weighted by Crippen LogP contribution is 2.04. The summed E-state index contributed by atoms with van der Waals surface area (Å²) in [6.07, 6.45) is 0. The van der Waals surface area contributed by atoms with Gasteiger partial charge >= 0.3 is 5.97 Å². The van der Waals surface area contributed by atoms with E-state index < -0.39 is 18.6 Å². The number of nitrogens with one attached hydrogen (secondary N) is 2. The van der Waals surface area contributed by atoms with Gasteiger partial charge in [-0.15, -0.1) is 0 Å². The van der Waals surface area contributed by atoms with Gasteiger partial charge in [0, 0.05) is 5.69 Å². The van der Waals surface area contributed by atoms with Gasteiger partial charge in [0.2, 0.25) is 0 Å². The molecule has 0 radical (unpaired) electrons. The quantitative estimate of drug-likeness (QED) is 0.571. The lowest BCUT2D eigenvalue weighted by molar-refractivity contribution is -0.139. The largest absolute Gasteiger partial charge is 0.480 e. The van der Waals surface area contributed by atoms with Crippen LogP contribution in [0.2, 0.25) is 0 Å². The van der Waals surface area contributed by atoms with Gasteiger partial charge in [-0.2, -0.15) is 0 Å². The van der Waals surface area contributed by atoms with Crippen molar-refractivity contribution in [1.82, 2.24) is 5.32 Å². The maximum atomic E-state index is 10.6.